The Bertz CT molecular complexity index is 1360. The van der Waals surface area contributed by atoms with Crippen molar-refractivity contribution in [3.05, 3.63) is 93.0 Å². The van der Waals surface area contributed by atoms with E-state index < -0.39 is 17.7 Å². The average molecular weight is 549 g/mol. The molecule has 1 atom stereocenters. The fourth-order valence-corrected chi connectivity index (χ4v) is 4.87. The van der Waals surface area contributed by atoms with Gasteiger partial charge in [-0.25, -0.2) is 0 Å². The molecule has 1 unspecified atom stereocenters. The molecule has 2 N–H and O–H groups in total. The Labute approximate surface area is 219 Å². The van der Waals surface area contributed by atoms with Gasteiger partial charge in [-0.3, -0.25) is 14.5 Å². The number of carbonyl (C=O) groups excluding carboxylic acids is 2. The Morgan fingerprint density at radius 2 is 1.64 bits per heavy atom. The lowest BCUT2D eigenvalue weighted by Crippen LogP contribution is -2.29. The summed E-state index contributed by atoms with van der Waals surface area (Å²) in [5.74, 6) is -1.97. The number of aryl methyl sites for hydroxylation is 2. The summed E-state index contributed by atoms with van der Waals surface area (Å²) in [6.45, 7) is 9.56. The highest BCUT2D eigenvalue weighted by Gasteiger charge is 2.47. The summed E-state index contributed by atoms with van der Waals surface area (Å²) in [5, 5.41) is 22.0. The van der Waals surface area contributed by atoms with Crippen LogP contribution >= 0.6 is 15.9 Å². The third-order valence-corrected chi connectivity index (χ3v) is 7.49. The fraction of sp³-hybridized carbons (Fsp3) is 0.241. The van der Waals surface area contributed by atoms with Gasteiger partial charge in [0, 0.05) is 28.8 Å². The molecule has 0 radical (unpaired) electrons. The van der Waals surface area contributed by atoms with Crippen molar-refractivity contribution in [1.82, 2.24) is 0 Å². The second kappa shape index (κ2) is 10.2. The summed E-state index contributed by atoms with van der Waals surface area (Å²) in [4.78, 5) is 30.3. The minimum Gasteiger partial charge on any atom is -0.507 e. The molecule has 0 aromatic heterocycles. The fourth-order valence-electron chi connectivity index (χ4n) is 4.63. The van der Waals surface area contributed by atoms with Crippen LogP contribution in [-0.4, -0.2) is 35.0 Å². The summed E-state index contributed by atoms with van der Waals surface area (Å²) in [5.41, 5.74) is 4.02. The maximum Gasteiger partial charge on any atom is 0.300 e. The van der Waals surface area contributed by atoms with Gasteiger partial charge in [0.1, 0.15) is 11.5 Å². The number of carbonyl (C=O) groups is 2. The highest BCUT2D eigenvalue weighted by Crippen LogP contribution is 2.45. The molecule has 7 heteroatoms. The van der Waals surface area contributed by atoms with Crippen LogP contribution in [0.3, 0.4) is 0 Å². The molecule has 6 nitrogen and oxygen atoms in total. The van der Waals surface area contributed by atoms with E-state index in [2.05, 4.69) is 34.7 Å². The highest BCUT2D eigenvalue weighted by molar-refractivity contribution is 9.10. The van der Waals surface area contributed by atoms with Crippen molar-refractivity contribution in [2.24, 2.45) is 0 Å². The van der Waals surface area contributed by atoms with Gasteiger partial charge in [-0.15, -0.1) is 0 Å². The normalized spacial score (nSPS) is 17.0. The number of nitrogens with zero attached hydrogens (tertiary/aromatic N) is 2. The number of amides is 1. The molecule has 0 aliphatic carbocycles. The molecule has 0 spiro atoms. The number of hydrogen-bond donors (Lipinski definition) is 2. The van der Waals surface area contributed by atoms with Gasteiger partial charge in [-0.05, 0) is 80.8 Å². The minimum atomic E-state index is -0.910. The molecule has 1 aliphatic rings. The van der Waals surface area contributed by atoms with Crippen LogP contribution in [0.1, 0.15) is 42.1 Å². The van der Waals surface area contributed by atoms with E-state index in [9.17, 15) is 19.8 Å². The lowest BCUT2D eigenvalue weighted by Gasteiger charge is -2.27. The van der Waals surface area contributed by atoms with Crippen molar-refractivity contribution in [2.45, 2.75) is 33.7 Å². The number of aromatic hydroxyl groups is 1. The van der Waals surface area contributed by atoms with Crippen LogP contribution in [0.4, 0.5) is 11.4 Å². The first-order valence-corrected chi connectivity index (χ1v) is 12.7. The number of aliphatic hydroxyl groups excluding tert-OH is 1. The van der Waals surface area contributed by atoms with Crippen molar-refractivity contribution in [3.8, 4) is 5.75 Å². The molecule has 186 valence electrons. The van der Waals surface area contributed by atoms with Crippen molar-refractivity contribution < 1.29 is 19.8 Å². The monoisotopic (exact) mass is 548 g/mol. The first-order valence-electron chi connectivity index (χ1n) is 11.9. The standard InChI is InChI=1S/C29H29BrN2O4/c1-5-31(6-2)21-11-8-19(9-12-21)26-25(27(34)20-10-13-22(30)18(4)16-20)28(35)29(36)32(26)23-15-17(3)7-14-24(23)33/h7-16,26,33-34H,5-6H2,1-4H3/b27-25-. The van der Waals surface area contributed by atoms with Crippen molar-refractivity contribution in [3.63, 3.8) is 0 Å². The Balaban J connectivity index is 1.94. The van der Waals surface area contributed by atoms with E-state index in [0.29, 0.717) is 11.1 Å². The van der Waals surface area contributed by atoms with Gasteiger partial charge < -0.3 is 15.1 Å². The number of rotatable bonds is 6. The number of phenolic OH excluding ortho intramolecular Hbond substituents is 1. The number of phenols is 1. The molecule has 4 rings (SSSR count). The molecule has 1 aliphatic heterocycles. The van der Waals surface area contributed by atoms with Crippen molar-refractivity contribution in [1.29, 1.82) is 0 Å². The summed E-state index contributed by atoms with van der Waals surface area (Å²) in [7, 11) is 0. The smallest absolute Gasteiger partial charge is 0.300 e. The number of ketones is 1. The predicted molar refractivity (Wildman–Crippen MR) is 147 cm³/mol. The number of anilines is 2. The molecular formula is C29H29BrN2O4. The third kappa shape index (κ3) is 4.51. The van der Waals surface area contributed by atoms with Crippen LogP contribution in [-0.2, 0) is 9.59 Å². The van der Waals surface area contributed by atoms with E-state index in [0.717, 1.165) is 34.4 Å². The molecule has 0 bridgehead atoms. The summed E-state index contributed by atoms with van der Waals surface area (Å²) in [6, 6.07) is 16.9. The minimum absolute atomic E-state index is 0.0155. The van der Waals surface area contributed by atoms with E-state index in [4.69, 9.17) is 0 Å². The van der Waals surface area contributed by atoms with Crippen LogP contribution in [0.25, 0.3) is 5.76 Å². The van der Waals surface area contributed by atoms with Gasteiger partial charge >= 0.3 is 0 Å². The second-order valence-corrected chi connectivity index (χ2v) is 9.74. The third-order valence-electron chi connectivity index (χ3n) is 6.60. The molecule has 1 heterocycles. The number of halogens is 1. The molecule has 3 aromatic rings. The van der Waals surface area contributed by atoms with Crippen LogP contribution in [0.5, 0.6) is 5.75 Å². The second-order valence-electron chi connectivity index (χ2n) is 8.89. The van der Waals surface area contributed by atoms with Gasteiger partial charge in [0.25, 0.3) is 11.7 Å². The van der Waals surface area contributed by atoms with Gasteiger partial charge in [0.2, 0.25) is 0 Å². The molecule has 1 fully saturated rings. The van der Waals surface area contributed by atoms with Crippen molar-refractivity contribution >= 4 is 44.8 Å². The maximum absolute atomic E-state index is 13.4. The zero-order valence-corrected chi connectivity index (χ0v) is 22.3. The van der Waals surface area contributed by atoms with Gasteiger partial charge in [0.05, 0.1) is 17.3 Å². The van der Waals surface area contributed by atoms with E-state index in [1.54, 1.807) is 30.3 Å². The summed E-state index contributed by atoms with van der Waals surface area (Å²) in [6.07, 6.45) is 0. The number of benzene rings is 3. The molecule has 36 heavy (non-hydrogen) atoms. The highest BCUT2D eigenvalue weighted by atomic mass is 79.9. The van der Waals surface area contributed by atoms with Crippen LogP contribution in [0, 0.1) is 13.8 Å². The quantitative estimate of drug-likeness (QED) is 0.216. The largest absolute Gasteiger partial charge is 0.507 e. The SMILES string of the molecule is CCN(CC)c1ccc(C2/C(=C(/O)c3ccc(Br)c(C)c3)C(=O)C(=O)N2c2cc(C)ccc2O)cc1. The molecular weight excluding hydrogens is 520 g/mol. The Hall–Kier alpha value is -3.58. The molecule has 1 saturated heterocycles. The van der Waals surface area contributed by atoms with Gasteiger partial charge in [-0.1, -0.05) is 40.2 Å². The molecule has 3 aromatic carbocycles. The average Bonchev–Trinajstić information content (AvgIpc) is 3.13. The molecule has 0 saturated carbocycles. The first kappa shape index (κ1) is 25.5. The Kier molecular flexibility index (Phi) is 7.22. The van der Waals surface area contributed by atoms with Gasteiger partial charge in [-0.2, -0.15) is 0 Å². The summed E-state index contributed by atoms with van der Waals surface area (Å²) >= 11 is 3.46. The number of Topliss-reactive ketones (excluding diaryl/α,β-unsaturated/α-hetero) is 1. The van der Waals surface area contributed by atoms with E-state index >= 15 is 0 Å². The van der Waals surface area contributed by atoms with Crippen LogP contribution in [0.15, 0.2) is 70.7 Å². The lowest BCUT2D eigenvalue weighted by molar-refractivity contribution is -0.132. The Morgan fingerprint density at radius 1 is 0.972 bits per heavy atom. The zero-order valence-electron chi connectivity index (χ0n) is 20.7. The van der Waals surface area contributed by atoms with Gasteiger partial charge in [0.15, 0.2) is 0 Å². The Morgan fingerprint density at radius 3 is 2.25 bits per heavy atom. The summed E-state index contributed by atoms with van der Waals surface area (Å²) < 4.78 is 0.868. The predicted octanol–water partition coefficient (Wildman–Crippen LogP) is 6.24. The van der Waals surface area contributed by atoms with Crippen LogP contribution < -0.4 is 9.80 Å². The lowest BCUT2D eigenvalue weighted by atomic mass is 9.94. The molecule has 1 amide bonds. The van der Waals surface area contributed by atoms with E-state index in [1.807, 2.05) is 38.1 Å². The number of hydrogen-bond acceptors (Lipinski definition) is 5. The van der Waals surface area contributed by atoms with Crippen molar-refractivity contribution in [2.75, 3.05) is 22.9 Å². The topological polar surface area (TPSA) is 81.1 Å². The van der Waals surface area contributed by atoms with Crippen LogP contribution in [0.2, 0.25) is 0 Å². The van der Waals surface area contributed by atoms with E-state index in [-0.39, 0.29) is 22.8 Å². The maximum atomic E-state index is 13.4. The first-order chi connectivity index (χ1) is 17.2. The number of aliphatic hydroxyl groups is 1. The van der Waals surface area contributed by atoms with E-state index in [1.165, 1.54) is 11.0 Å². The zero-order chi connectivity index (χ0) is 26.1.